The Morgan fingerprint density at radius 2 is 1.77 bits per heavy atom. The fourth-order valence-electron chi connectivity index (χ4n) is 2.94. The number of hydrogen-bond donors (Lipinski definition) is 1. The van der Waals surface area contributed by atoms with Crippen molar-refractivity contribution < 1.29 is 19.1 Å². The van der Waals surface area contributed by atoms with Crippen molar-refractivity contribution >= 4 is 5.97 Å². The maximum atomic E-state index is 11.2. The molecule has 0 bridgehead atoms. The Labute approximate surface area is 151 Å². The average Bonchev–Trinajstić information content (AvgIpc) is 3.32. The van der Waals surface area contributed by atoms with Crippen molar-refractivity contribution in [2.24, 2.45) is 5.41 Å². The minimum absolute atomic E-state index is 0.543. The van der Waals surface area contributed by atoms with Gasteiger partial charge in [0, 0.05) is 12.0 Å². The lowest BCUT2D eigenvalue weighted by Gasteiger charge is -2.06. The summed E-state index contributed by atoms with van der Waals surface area (Å²) in [6.45, 7) is 0. The van der Waals surface area contributed by atoms with Crippen molar-refractivity contribution in [3.8, 4) is 22.8 Å². The van der Waals surface area contributed by atoms with Crippen LogP contribution in [0.2, 0.25) is 0 Å². The molecule has 5 nitrogen and oxygen atoms in total. The number of carboxylic acids is 1. The summed E-state index contributed by atoms with van der Waals surface area (Å²) in [6, 6.07) is 17.2. The molecule has 0 saturated heterocycles. The Hall–Kier alpha value is -3.08. The maximum absolute atomic E-state index is 11.2. The molecular weight excluding hydrogens is 330 g/mol. The number of carbonyl (C=O) groups is 1. The van der Waals surface area contributed by atoms with E-state index in [4.69, 9.17) is 9.15 Å². The number of aryl methyl sites for hydroxylation is 1. The molecule has 2 aromatic carbocycles. The van der Waals surface area contributed by atoms with Gasteiger partial charge in [0.2, 0.25) is 0 Å². The second kappa shape index (κ2) is 6.67. The van der Waals surface area contributed by atoms with E-state index in [1.54, 1.807) is 6.26 Å². The van der Waals surface area contributed by atoms with Crippen LogP contribution in [0.15, 0.2) is 65.3 Å². The van der Waals surface area contributed by atoms with Crippen molar-refractivity contribution in [1.82, 2.24) is 4.98 Å². The summed E-state index contributed by atoms with van der Waals surface area (Å²) < 4.78 is 11.3. The summed E-state index contributed by atoms with van der Waals surface area (Å²) in [5.41, 5.74) is 1.12. The molecule has 1 heterocycles. The van der Waals surface area contributed by atoms with E-state index in [1.165, 1.54) is 0 Å². The third-order valence-corrected chi connectivity index (χ3v) is 4.81. The number of nitrogens with zero attached hydrogens (tertiary/aromatic N) is 1. The number of rotatable bonds is 7. The van der Waals surface area contributed by atoms with E-state index in [2.05, 4.69) is 4.98 Å². The number of ether oxygens (including phenoxy) is 1. The van der Waals surface area contributed by atoms with Crippen LogP contribution in [-0.4, -0.2) is 16.1 Å². The molecule has 1 saturated carbocycles. The molecule has 1 aromatic heterocycles. The van der Waals surface area contributed by atoms with Gasteiger partial charge in [0.1, 0.15) is 23.5 Å². The first-order valence-electron chi connectivity index (χ1n) is 8.66. The lowest BCUT2D eigenvalue weighted by atomic mass is 10.0. The molecule has 5 heteroatoms. The average molecular weight is 349 g/mol. The number of para-hydroxylation sites is 1. The summed E-state index contributed by atoms with van der Waals surface area (Å²) >= 11 is 0. The number of aromatic nitrogens is 1. The molecule has 0 radical (unpaired) electrons. The van der Waals surface area contributed by atoms with Crippen molar-refractivity contribution in [1.29, 1.82) is 0 Å². The molecule has 1 aliphatic rings. The minimum atomic E-state index is -0.710. The summed E-state index contributed by atoms with van der Waals surface area (Å²) in [7, 11) is 0. The molecule has 4 rings (SSSR count). The molecule has 1 aliphatic carbocycles. The Kier molecular flexibility index (Phi) is 4.21. The molecule has 132 valence electrons. The monoisotopic (exact) mass is 349 g/mol. The smallest absolute Gasteiger partial charge is 0.309 e. The fraction of sp³-hybridized carbons (Fsp3) is 0.238. The number of oxazole rings is 1. The maximum Gasteiger partial charge on any atom is 0.309 e. The summed E-state index contributed by atoms with van der Waals surface area (Å²) in [4.78, 5) is 15.7. The van der Waals surface area contributed by atoms with Crippen LogP contribution in [0, 0.1) is 5.41 Å². The third-order valence-electron chi connectivity index (χ3n) is 4.81. The molecule has 1 fully saturated rings. The first-order chi connectivity index (χ1) is 12.6. The summed E-state index contributed by atoms with van der Waals surface area (Å²) in [5.74, 6) is 1.41. The third kappa shape index (κ3) is 3.47. The van der Waals surface area contributed by atoms with Crippen LogP contribution < -0.4 is 4.74 Å². The van der Waals surface area contributed by atoms with Gasteiger partial charge in [0.25, 0.3) is 0 Å². The van der Waals surface area contributed by atoms with Gasteiger partial charge in [-0.3, -0.25) is 4.79 Å². The molecule has 0 spiro atoms. The Bertz CT molecular complexity index is 895. The largest absolute Gasteiger partial charge is 0.481 e. The number of carboxylic acid groups (broad SMARTS) is 1. The van der Waals surface area contributed by atoms with Crippen LogP contribution in [0.1, 0.15) is 25.2 Å². The van der Waals surface area contributed by atoms with Crippen molar-refractivity contribution in [2.75, 3.05) is 0 Å². The van der Waals surface area contributed by atoms with Gasteiger partial charge in [-0.1, -0.05) is 18.2 Å². The molecule has 1 N–H and O–H groups in total. The Balaban J connectivity index is 1.40. The van der Waals surface area contributed by atoms with E-state index < -0.39 is 11.4 Å². The van der Waals surface area contributed by atoms with Crippen molar-refractivity contribution in [3.05, 3.63) is 66.8 Å². The number of aliphatic carboxylic acids is 1. The first kappa shape index (κ1) is 16.4. The van der Waals surface area contributed by atoms with Crippen molar-refractivity contribution in [2.45, 2.75) is 25.7 Å². The molecule has 0 unspecified atom stereocenters. The fourth-order valence-corrected chi connectivity index (χ4v) is 2.94. The molecule has 0 amide bonds. The lowest BCUT2D eigenvalue weighted by molar-refractivity contribution is -0.143. The number of benzene rings is 2. The molecular formula is C21H19NO4. The van der Waals surface area contributed by atoms with Gasteiger partial charge >= 0.3 is 5.97 Å². The van der Waals surface area contributed by atoms with Gasteiger partial charge in [-0.25, -0.2) is 4.98 Å². The van der Waals surface area contributed by atoms with Crippen LogP contribution in [0.5, 0.6) is 11.5 Å². The highest BCUT2D eigenvalue weighted by molar-refractivity contribution is 5.77. The van der Waals surface area contributed by atoms with E-state index in [0.29, 0.717) is 18.7 Å². The minimum Gasteiger partial charge on any atom is -0.481 e. The predicted octanol–water partition coefficient (Wildman–Crippen LogP) is 4.93. The second-order valence-electron chi connectivity index (χ2n) is 6.65. The van der Waals surface area contributed by atoms with Gasteiger partial charge < -0.3 is 14.3 Å². The van der Waals surface area contributed by atoms with Crippen LogP contribution in [0.25, 0.3) is 11.3 Å². The summed E-state index contributed by atoms with van der Waals surface area (Å²) in [5, 5.41) is 9.23. The van der Waals surface area contributed by atoms with E-state index in [1.807, 2.05) is 54.6 Å². The topological polar surface area (TPSA) is 72.6 Å². The van der Waals surface area contributed by atoms with Gasteiger partial charge in [0.15, 0.2) is 5.89 Å². The van der Waals surface area contributed by atoms with Crippen molar-refractivity contribution in [3.63, 3.8) is 0 Å². The standard InChI is InChI=1S/C21H19NO4/c23-20(24)21(12-13-21)11-10-19-22-18(14-25-19)15-6-8-17(9-7-15)26-16-4-2-1-3-5-16/h1-9,14H,10-13H2,(H,23,24). The van der Waals surface area contributed by atoms with E-state index in [9.17, 15) is 9.90 Å². The summed E-state index contributed by atoms with van der Waals surface area (Å²) in [6.07, 6.45) is 4.23. The highest BCUT2D eigenvalue weighted by Crippen LogP contribution is 2.49. The normalized spacial score (nSPS) is 14.8. The van der Waals surface area contributed by atoms with Crippen LogP contribution in [0.4, 0.5) is 0 Å². The van der Waals surface area contributed by atoms with Gasteiger partial charge in [-0.15, -0.1) is 0 Å². The quantitative estimate of drug-likeness (QED) is 0.654. The zero-order valence-electron chi connectivity index (χ0n) is 14.2. The highest BCUT2D eigenvalue weighted by Gasteiger charge is 2.49. The van der Waals surface area contributed by atoms with E-state index in [-0.39, 0.29) is 0 Å². The molecule has 3 aromatic rings. The zero-order chi connectivity index (χ0) is 18.0. The SMILES string of the molecule is O=C(O)C1(CCc2nc(-c3ccc(Oc4ccccc4)cc3)co2)CC1. The zero-order valence-corrected chi connectivity index (χ0v) is 14.2. The van der Waals surface area contributed by atoms with E-state index >= 15 is 0 Å². The molecule has 26 heavy (non-hydrogen) atoms. The molecule has 0 aliphatic heterocycles. The van der Waals surface area contributed by atoms with Crippen LogP contribution in [-0.2, 0) is 11.2 Å². The Morgan fingerprint density at radius 1 is 1.08 bits per heavy atom. The van der Waals surface area contributed by atoms with Crippen LogP contribution >= 0.6 is 0 Å². The predicted molar refractivity (Wildman–Crippen MR) is 96.1 cm³/mol. The van der Waals surface area contributed by atoms with Crippen LogP contribution in [0.3, 0.4) is 0 Å². The van der Waals surface area contributed by atoms with Gasteiger partial charge in [0.05, 0.1) is 5.41 Å². The molecule has 0 atom stereocenters. The highest BCUT2D eigenvalue weighted by atomic mass is 16.5. The second-order valence-corrected chi connectivity index (χ2v) is 6.65. The lowest BCUT2D eigenvalue weighted by Crippen LogP contribution is -2.15. The first-order valence-corrected chi connectivity index (χ1v) is 8.66. The van der Waals surface area contributed by atoms with Gasteiger partial charge in [-0.2, -0.15) is 0 Å². The van der Waals surface area contributed by atoms with Gasteiger partial charge in [-0.05, 0) is 55.7 Å². The van der Waals surface area contributed by atoms with E-state index in [0.717, 1.165) is 35.6 Å². The Morgan fingerprint density at radius 3 is 2.42 bits per heavy atom. The number of hydrogen-bond acceptors (Lipinski definition) is 4.